The molecule has 0 aliphatic carbocycles. The summed E-state index contributed by atoms with van der Waals surface area (Å²) in [6.45, 7) is 4.00. The molecule has 0 radical (unpaired) electrons. The Morgan fingerprint density at radius 1 is 1.10 bits per heavy atom. The molecule has 0 bridgehead atoms. The molecule has 5 rings (SSSR count). The maximum atomic E-state index is 12.7. The molecule has 31 heavy (non-hydrogen) atoms. The largest absolute Gasteiger partial charge is 0.306 e. The second-order valence-corrected chi connectivity index (χ2v) is 8.99. The van der Waals surface area contributed by atoms with Crippen LogP contribution in [0.4, 0.5) is 5.82 Å². The number of nitrogens with one attached hydrogen (secondary N) is 1. The summed E-state index contributed by atoms with van der Waals surface area (Å²) in [5.41, 5.74) is 1.28. The maximum absolute atomic E-state index is 12.7. The Balaban J connectivity index is 1.33. The van der Waals surface area contributed by atoms with Crippen LogP contribution in [0.2, 0.25) is 0 Å². The fraction of sp³-hybridized carbons (Fsp3) is 0.333. The molecule has 1 amide bonds. The summed E-state index contributed by atoms with van der Waals surface area (Å²) in [5.74, 6) is 0.259. The Hall–Kier alpha value is -3.24. The average molecular weight is 435 g/mol. The van der Waals surface area contributed by atoms with Gasteiger partial charge in [0.25, 0.3) is 5.91 Å². The van der Waals surface area contributed by atoms with Gasteiger partial charge >= 0.3 is 0 Å². The van der Waals surface area contributed by atoms with Gasteiger partial charge in [-0.1, -0.05) is 11.3 Å². The van der Waals surface area contributed by atoms with Gasteiger partial charge in [0.15, 0.2) is 5.01 Å². The molecule has 0 atom stereocenters. The molecule has 1 saturated heterocycles. The molecule has 1 fully saturated rings. The van der Waals surface area contributed by atoms with E-state index in [0.29, 0.717) is 17.4 Å². The molecule has 0 saturated carbocycles. The molecule has 1 aliphatic rings. The number of hydrogen-bond acceptors (Lipinski definition) is 8. The number of pyridine rings is 2. The van der Waals surface area contributed by atoms with Gasteiger partial charge < -0.3 is 10.2 Å². The van der Waals surface area contributed by atoms with Gasteiger partial charge in [-0.2, -0.15) is 5.10 Å². The van der Waals surface area contributed by atoms with Crippen molar-refractivity contribution in [2.75, 3.05) is 25.5 Å². The molecule has 5 heterocycles. The van der Waals surface area contributed by atoms with Crippen molar-refractivity contribution >= 4 is 33.8 Å². The van der Waals surface area contributed by atoms with E-state index in [1.807, 2.05) is 29.9 Å². The van der Waals surface area contributed by atoms with Crippen molar-refractivity contribution in [1.82, 2.24) is 34.8 Å². The zero-order chi connectivity index (χ0) is 21.4. The standard InChI is InChI=1S/C21H22N8OS/c1-13-26-27-21(31-13)18-7-14-8-19(23-10-15(14)9-22-18)25-20(30)16-11-24-29(12-16)17-3-5-28(2)6-4-17/h7-12,17H,3-6H2,1-2H3,(H,23,25,30). The molecule has 158 valence electrons. The summed E-state index contributed by atoms with van der Waals surface area (Å²) in [6.07, 6.45) is 8.98. The normalized spacial score (nSPS) is 15.4. The van der Waals surface area contributed by atoms with Crippen LogP contribution in [0.25, 0.3) is 21.5 Å². The molecule has 0 unspecified atom stereocenters. The highest BCUT2D eigenvalue weighted by Gasteiger charge is 2.20. The minimum absolute atomic E-state index is 0.222. The predicted molar refractivity (Wildman–Crippen MR) is 119 cm³/mol. The van der Waals surface area contributed by atoms with Crippen LogP contribution in [0.1, 0.15) is 34.2 Å². The highest BCUT2D eigenvalue weighted by Crippen LogP contribution is 2.26. The maximum Gasteiger partial charge on any atom is 0.260 e. The van der Waals surface area contributed by atoms with Gasteiger partial charge in [0.1, 0.15) is 16.5 Å². The average Bonchev–Trinajstić information content (AvgIpc) is 3.43. The first-order valence-electron chi connectivity index (χ1n) is 10.2. The quantitative estimate of drug-likeness (QED) is 0.526. The van der Waals surface area contributed by atoms with E-state index >= 15 is 0 Å². The number of hydrogen-bond donors (Lipinski definition) is 1. The van der Waals surface area contributed by atoms with E-state index in [-0.39, 0.29) is 5.91 Å². The predicted octanol–water partition coefficient (Wildman–Crippen LogP) is 3.17. The monoisotopic (exact) mass is 434 g/mol. The third-order valence-electron chi connectivity index (χ3n) is 5.52. The van der Waals surface area contributed by atoms with E-state index in [2.05, 4.69) is 42.5 Å². The van der Waals surface area contributed by atoms with E-state index in [4.69, 9.17) is 0 Å². The summed E-state index contributed by atoms with van der Waals surface area (Å²) in [5, 5.41) is 19.0. The molecule has 4 aromatic rings. The fourth-order valence-electron chi connectivity index (χ4n) is 3.73. The molecular weight excluding hydrogens is 412 g/mol. The van der Waals surface area contributed by atoms with Gasteiger partial charge in [0, 0.05) is 24.0 Å². The van der Waals surface area contributed by atoms with Gasteiger partial charge in [-0.05, 0) is 57.4 Å². The van der Waals surface area contributed by atoms with Gasteiger partial charge in [0.05, 0.1) is 17.8 Å². The second-order valence-electron chi connectivity index (χ2n) is 7.81. The van der Waals surface area contributed by atoms with E-state index in [9.17, 15) is 4.79 Å². The molecule has 9 nitrogen and oxygen atoms in total. The first kappa shape index (κ1) is 19.7. The lowest BCUT2D eigenvalue weighted by Crippen LogP contribution is -2.31. The number of anilines is 1. The minimum Gasteiger partial charge on any atom is -0.306 e. The highest BCUT2D eigenvalue weighted by atomic mass is 32.1. The number of carbonyl (C=O) groups excluding carboxylic acids is 1. The summed E-state index contributed by atoms with van der Waals surface area (Å²) >= 11 is 1.49. The van der Waals surface area contributed by atoms with E-state index < -0.39 is 0 Å². The molecule has 1 aliphatic heterocycles. The molecule has 0 spiro atoms. The van der Waals surface area contributed by atoms with E-state index in [1.54, 1.807) is 18.6 Å². The lowest BCUT2D eigenvalue weighted by atomic mass is 10.1. The zero-order valence-electron chi connectivity index (χ0n) is 17.3. The van der Waals surface area contributed by atoms with Crippen LogP contribution in [-0.4, -0.2) is 60.9 Å². The van der Waals surface area contributed by atoms with Crippen LogP contribution in [0, 0.1) is 6.92 Å². The fourth-order valence-corrected chi connectivity index (χ4v) is 4.39. The van der Waals surface area contributed by atoms with Crippen molar-refractivity contribution in [1.29, 1.82) is 0 Å². The lowest BCUT2D eigenvalue weighted by molar-refractivity contribution is 0.102. The summed E-state index contributed by atoms with van der Waals surface area (Å²) in [7, 11) is 2.13. The third kappa shape index (κ3) is 4.17. The van der Waals surface area contributed by atoms with Crippen molar-refractivity contribution in [3.8, 4) is 10.7 Å². The van der Waals surface area contributed by atoms with Gasteiger partial charge in [-0.3, -0.25) is 14.5 Å². The summed E-state index contributed by atoms with van der Waals surface area (Å²) in [4.78, 5) is 23.9. The number of amides is 1. The first-order chi connectivity index (χ1) is 15.0. The summed E-state index contributed by atoms with van der Waals surface area (Å²) in [6, 6.07) is 4.12. The van der Waals surface area contributed by atoms with Crippen LogP contribution < -0.4 is 5.32 Å². The van der Waals surface area contributed by atoms with Crippen molar-refractivity contribution in [3.63, 3.8) is 0 Å². The van der Waals surface area contributed by atoms with E-state index in [0.717, 1.165) is 52.4 Å². The van der Waals surface area contributed by atoms with Crippen LogP contribution >= 0.6 is 11.3 Å². The van der Waals surface area contributed by atoms with E-state index in [1.165, 1.54) is 11.3 Å². The first-order valence-corrected chi connectivity index (χ1v) is 11.0. The molecule has 10 heteroatoms. The second kappa shape index (κ2) is 8.12. The molecule has 1 N–H and O–H groups in total. The smallest absolute Gasteiger partial charge is 0.260 e. The van der Waals surface area contributed by atoms with Crippen LogP contribution in [0.15, 0.2) is 36.9 Å². The van der Waals surface area contributed by atoms with Crippen molar-refractivity contribution < 1.29 is 4.79 Å². The van der Waals surface area contributed by atoms with Gasteiger partial charge in [-0.25, -0.2) is 4.98 Å². The molecular formula is C21H22N8OS. The van der Waals surface area contributed by atoms with Crippen LogP contribution in [-0.2, 0) is 0 Å². The Labute approximate surface area is 183 Å². The lowest BCUT2D eigenvalue weighted by Gasteiger charge is -2.28. The van der Waals surface area contributed by atoms with Crippen molar-refractivity contribution in [2.24, 2.45) is 0 Å². The number of aryl methyl sites for hydroxylation is 1. The summed E-state index contributed by atoms with van der Waals surface area (Å²) < 4.78 is 1.91. The number of rotatable bonds is 4. The highest BCUT2D eigenvalue weighted by molar-refractivity contribution is 7.14. The van der Waals surface area contributed by atoms with Gasteiger partial charge in [0.2, 0.25) is 0 Å². The zero-order valence-corrected chi connectivity index (χ0v) is 18.1. The topological polar surface area (TPSA) is 102 Å². The van der Waals surface area contributed by atoms with Crippen molar-refractivity contribution in [2.45, 2.75) is 25.8 Å². The number of piperidine rings is 1. The number of carbonyl (C=O) groups is 1. The number of nitrogens with zero attached hydrogens (tertiary/aromatic N) is 7. The molecule has 4 aromatic heterocycles. The number of likely N-dealkylation sites (tertiary alicyclic amines) is 1. The van der Waals surface area contributed by atoms with Crippen LogP contribution in [0.3, 0.4) is 0 Å². The van der Waals surface area contributed by atoms with Crippen molar-refractivity contribution in [3.05, 3.63) is 47.5 Å². The Bertz CT molecular complexity index is 1240. The number of fused-ring (bicyclic) bond motifs is 1. The molecule has 0 aromatic carbocycles. The van der Waals surface area contributed by atoms with Crippen LogP contribution in [0.5, 0.6) is 0 Å². The third-order valence-corrected chi connectivity index (χ3v) is 6.38. The minimum atomic E-state index is -0.222. The Kier molecular flexibility index (Phi) is 5.16. The Morgan fingerprint density at radius 2 is 1.90 bits per heavy atom. The SMILES string of the molecule is Cc1nnc(-c2cc3cc(NC(=O)c4cnn(C5CCN(C)CC5)c4)ncc3cn2)s1. The number of aromatic nitrogens is 6. The Morgan fingerprint density at radius 3 is 2.68 bits per heavy atom. The van der Waals surface area contributed by atoms with Gasteiger partial charge in [-0.15, -0.1) is 10.2 Å².